The highest BCUT2D eigenvalue weighted by Gasteiger charge is 2.37. The van der Waals surface area contributed by atoms with Gasteiger partial charge in [0.25, 0.3) is 5.91 Å². The Morgan fingerprint density at radius 2 is 2.05 bits per heavy atom. The minimum Gasteiger partial charge on any atom is -0.335 e. The van der Waals surface area contributed by atoms with Crippen molar-refractivity contribution in [3.63, 3.8) is 0 Å². The molecule has 0 bridgehead atoms. The maximum Gasteiger partial charge on any atom is 0.254 e. The molecule has 2 aliphatic rings. The van der Waals surface area contributed by atoms with E-state index in [4.69, 9.17) is 0 Å². The van der Waals surface area contributed by atoms with Gasteiger partial charge in [0, 0.05) is 18.2 Å². The molecule has 1 amide bonds. The van der Waals surface area contributed by atoms with Crippen molar-refractivity contribution in [3.8, 4) is 0 Å². The van der Waals surface area contributed by atoms with Crippen LogP contribution in [0.1, 0.15) is 48.0 Å². The van der Waals surface area contributed by atoms with Gasteiger partial charge in [-0.05, 0) is 62.3 Å². The number of halogens is 1. The highest BCUT2D eigenvalue weighted by atomic mass is 19.1. The summed E-state index contributed by atoms with van der Waals surface area (Å²) in [6.07, 6.45) is 6.00. The van der Waals surface area contributed by atoms with Crippen molar-refractivity contribution in [1.82, 2.24) is 4.90 Å². The number of hydrogen-bond acceptors (Lipinski definition) is 1. The molecule has 0 radical (unpaired) electrons. The summed E-state index contributed by atoms with van der Waals surface area (Å²) in [5.74, 6) is 0.513. The number of carbonyl (C=O) groups excluding carboxylic acids is 1. The van der Waals surface area contributed by atoms with Crippen LogP contribution in [0.15, 0.2) is 18.2 Å². The number of hydrogen-bond donors (Lipinski definition) is 0. The summed E-state index contributed by atoms with van der Waals surface area (Å²) in [6, 6.07) is 4.89. The highest BCUT2D eigenvalue weighted by molar-refractivity contribution is 5.96. The van der Waals surface area contributed by atoms with E-state index in [1.54, 1.807) is 6.07 Å². The molecule has 1 aromatic rings. The van der Waals surface area contributed by atoms with Crippen LogP contribution in [0.25, 0.3) is 0 Å². The van der Waals surface area contributed by atoms with Gasteiger partial charge >= 0.3 is 0 Å². The molecule has 2 fully saturated rings. The highest BCUT2D eigenvalue weighted by Crippen LogP contribution is 2.37. The van der Waals surface area contributed by atoms with Gasteiger partial charge in [0.05, 0.1) is 0 Å². The summed E-state index contributed by atoms with van der Waals surface area (Å²) in [4.78, 5) is 14.7. The zero-order valence-corrected chi connectivity index (χ0v) is 11.4. The fraction of sp³-hybridized carbons (Fsp3) is 0.562. The maximum absolute atomic E-state index is 13.1. The van der Waals surface area contributed by atoms with Crippen molar-refractivity contribution in [2.45, 2.75) is 45.1 Å². The smallest absolute Gasteiger partial charge is 0.254 e. The molecule has 2 unspecified atom stereocenters. The molecular formula is C16H20FNO. The first kappa shape index (κ1) is 12.6. The van der Waals surface area contributed by atoms with E-state index in [0.29, 0.717) is 17.5 Å². The van der Waals surface area contributed by atoms with E-state index in [1.165, 1.54) is 31.4 Å². The Morgan fingerprint density at radius 1 is 1.26 bits per heavy atom. The van der Waals surface area contributed by atoms with Gasteiger partial charge in [-0.3, -0.25) is 4.79 Å². The van der Waals surface area contributed by atoms with Crippen molar-refractivity contribution in [3.05, 3.63) is 35.1 Å². The van der Waals surface area contributed by atoms with Gasteiger partial charge in [-0.25, -0.2) is 4.39 Å². The quantitative estimate of drug-likeness (QED) is 0.757. The Labute approximate surface area is 113 Å². The van der Waals surface area contributed by atoms with Gasteiger partial charge in [-0.15, -0.1) is 0 Å². The first-order chi connectivity index (χ1) is 9.16. The van der Waals surface area contributed by atoms with Gasteiger partial charge in [-0.2, -0.15) is 0 Å². The first-order valence-corrected chi connectivity index (χ1v) is 7.24. The Bertz CT molecular complexity index is 500. The monoisotopic (exact) mass is 261 g/mol. The second-order valence-corrected chi connectivity index (χ2v) is 5.86. The number of piperidine rings is 1. The Hall–Kier alpha value is -1.38. The van der Waals surface area contributed by atoms with Crippen molar-refractivity contribution in [1.29, 1.82) is 0 Å². The molecule has 1 heterocycles. The van der Waals surface area contributed by atoms with Gasteiger partial charge in [-0.1, -0.05) is 6.42 Å². The number of nitrogens with zero attached hydrogens (tertiary/aromatic N) is 1. The second-order valence-electron chi connectivity index (χ2n) is 5.86. The second kappa shape index (κ2) is 4.95. The van der Waals surface area contributed by atoms with E-state index >= 15 is 0 Å². The summed E-state index contributed by atoms with van der Waals surface area (Å²) in [6.45, 7) is 2.67. The molecule has 1 aliphatic heterocycles. The van der Waals surface area contributed by atoms with Gasteiger partial charge in [0.1, 0.15) is 5.82 Å². The average molecular weight is 261 g/mol. The molecule has 2 atom stereocenters. The molecule has 1 aromatic carbocycles. The lowest BCUT2D eigenvalue weighted by molar-refractivity contribution is 0.0547. The van der Waals surface area contributed by atoms with Crippen LogP contribution in [0.5, 0.6) is 0 Å². The molecule has 102 valence electrons. The molecule has 3 heteroatoms. The molecule has 0 aromatic heterocycles. The van der Waals surface area contributed by atoms with Crippen molar-refractivity contribution in [2.24, 2.45) is 5.92 Å². The number of aryl methyl sites for hydroxylation is 1. The molecule has 19 heavy (non-hydrogen) atoms. The lowest BCUT2D eigenvalue weighted by atomic mass is 9.91. The normalized spacial score (nSPS) is 26.3. The Kier molecular flexibility index (Phi) is 3.29. The van der Waals surface area contributed by atoms with Crippen LogP contribution in [0.2, 0.25) is 0 Å². The molecule has 1 saturated heterocycles. The number of fused-ring (bicyclic) bond motifs is 1. The average Bonchev–Trinajstić information content (AvgIpc) is 2.86. The minimum atomic E-state index is -0.272. The Balaban J connectivity index is 1.86. The predicted molar refractivity (Wildman–Crippen MR) is 72.5 cm³/mol. The molecule has 1 saturated carbocycles. The van der Waals surface area contributed by atoms with Crippen LogP contribution in [-0.2, 0) is 0 Å². The lowest BCUT2D eigenvalue weighted by Crippen LogP contribution is -2.46. The summed E-state index contributed by atoms with van der Waals surface area (Å²) >= 11 is 0. The van der Waals surface area contributed by atoms with Crippen LogP contribution in [0.3, 0.4) is 0 Å². The van der Waals surface area contributed by atoms with Crippen LogP contribution >= 0.6 is 0 Å². The fourth-order valence-corrected chi connectivity index (χ4v) is 3.73. The third-order valence-electron chi connectivity index (χ3n) is 4.67. The van der Waals surface area contributed by atoms with E-state index in [0.717, 1.165) is 24.9 Å². The molecule has 0 spiro atoms. The standard InChI is InChI=1S/C16H20FNO/c1-11-10-13(17)7-8-14(11)16(19)18-9-3-5-12-4-2-6-15(12)18/h7-8,10,12,15H,2-6,9H2,1H3. The van der Waals surface area contributed by atoms with Crippen LogP contribution in [-0.4, -0.2) is 23.4 Å². The molecule has 0 N–H and O–H groups in total. The van der Waals surface area contributed by atoms with E-state index < -0.39 is 0 Å². The van der Waals surface area contributed by atoms with Gasteiger partial charge < -0.3 is 4.90 Å². The van der Waals surface area contributed by atoms with Crippen molar-refractivity contribution in [2.75, 3.05) is 6.54 Å². The topological polar surface area (TPSA) is 20.3 Å². The van der Waals surface area contributed by atoms with Crippen molar-refractivity contribution >= 4 is 5.91 Å². The SMILES string of the molecule is Cc1cc(F)ccc1C(=O)N1CCCC2CCCC21. The number of carbonyl (C=O) groups is 1. The number of amides is 1. The van der Waals surface area contributed by atoms with E-state index in [2.05, 4.69) is 0 Å². The van der Waals surface area contributed by atoms with Crippen molar-refractivity contribution < 1.29 is 9.18 Å². The summed E-state index contributed by atoms with van der Waals surface area (Å²) < 4.78 is 13.1. The molecule has 3 rings (SSSR count). The summed E-state index contributed by atoms with van der Waals surface area (Å²) in [7, 11) is 0. The van der Waals surface area contributed by atoms with Gasteiger partial charge in [0.2, 0.25) is 0 Å². The zero-order valence-electron chi connectivity index (χ0n) is 11.4. The first-order valence-electron chi connectivity index (χ1n) is 7.24. The number of benzene rings is 1. The number of rotatable bonds is 1. The van der Waals surface area contributed by atoms with E-state index in [9.17, 15) is 9.18 Å². The third kappa shape index (κ3) is 2.26. The van der Waals surface area contributed by atoms with Crippen LogP contribution in [0.4, 0.5) is 4.39 Å². The fourth-order valence-electron chi connectivity index (χ4n) is 3.73. The minimum absolute atomic E-state index is 0.0918. The van der Waals surface area contributed by atoms with Crippen LogP contribution < -0.4 is 0 Å². The van der Waals surface area contributed by atoms with E-state index in [1.807, 2.05) is 11.8 Å². The van der Waals surface area contributed by atoms with Gasteiger partial charge in [0.15, 0.2) is 0 Å². The lowest BCUT2D eigenvalue weighted by Gasteiger charge is -2.38. The summed E-state index contributed by atoms with van der Waals surface area (Å²) in [5, 5.41) is 0. The van der Waals surface area contributed by atoms with E-state index in [-0.39, 0.29) is 11.7 Å². The summed E-state index contributed by atoms with van der Waals surface area (Å²) in [5.41, 5.74) is 1.40. The maximum atomic E-state index is 13.1. The molecule has 1 aliphatic carbocycles. The molecule has 2 nitrogen and oxygen atoms in total. The zero-order chi connectivity index (χ0) is 13.4. The predicted octanol–water partition coefficient (Wildman–Crippen LogP) is 3.54. The Morgan fingerprint density at radius 3 is 2.84 bits per heavy atom. The largest absolute Gasteiger partial charge is 0.335 e. The number of likely N-dealkylation sites (tertiary alicyclic amines) is 1. The van der Waals surface area contributed by atoms with Crippen LogP contribution in [0, 0.1) is 18.7 Å². The molecular weight excluding hydrogens is 241 g/mol. The third-order valence-corrected chi connectivity index (χ3v) is 4.67.